The zero-order valence-corrected chi connectivity index (χ0v) is 16.4. The third kappa shape index (κ3) is 3.51. The molecule has 2 aliphatic rings. The molecule has 1 N–H and O–H groups in total. The van der Waals surface area contributed by atoms with Crippen LogP contribution in [0.4, 0.5) is 0 Å². The Bertz CT molecular complexity index is 877. The summed E-state index contributed by atoms with van der Waals surface area (Å²) in [6, 6.07) is 20.4. The van der Waals surface area contributed by atoms with Gasteiger partial charge in [0.25, 0.3) is 0 Å². The number of Topliss-reactive ketones (excluding diaryl/α,β-unsaturated/α-hetero) is 1. The molecule has 4 nitrogen and oxygen atoms in total. The van der Waals surface area contributed by atoms with Crippen LogP contribution in [0.3, 0.4) is 0 Å². The van der Waals surface area contributed by atoms with Crippen LogP contribution in [0.2, 0.25) is 0 Å². The second kappa shape index (κ2) is 7.01. The fourth-order valence-electron chi connectivity index (χ4n) is 4.65. The molecule has 0 aliphatic heterocycles. The molecule has 0 unspecified atom stereocenters. The molecule has 0 saturated heterocycles. The average molecular weight is 374 g/mol. The number of nitrogens with one attached hydrogen (secondary N) is 1. The van der Waals surface area contributed by atoms with Crippen LogP contribution in [-0.2, 0) is 15.0 Å². The molecule has 0 bridgehead atoms. The molecular formula is C24H26N2O2. The van der Waals surface area contributed by atoms with Crippen LogP contribution in [0.1, 0.15) is 50.7 Å². The highest BCUT2D eigenvalue weighted by Crippen LogP contribution is 2.58. The summed E-state index contributed by atoms with van der Waals surface area (Å²) in [5.41, 5.74) is 5.47. The van der Waals surface area contributed by atoms with Gasteiger partial charge in [0.2, 0.25) is 5.91 Å². The zero-order chi connectivity index (χ0) is 19.8. The fourth-order valence-corrected chi connectivity index (χ4v) is 4.65. The molecule has 0 radical (unpaired) electrons. The van der Waals surface area contributed by atoms with Gasteiger partial charge in [0.15, 0.2) is 0 Å². The molecule has 28 heavy (non-hydrogen) atoms. The Morgan fingerprint density at radius 1 is 0.964 bits per heavy atom. The quantitative estimate of drug-likeness (QED) is 0.814. The number of hydrogen-bond acceptors (Lipinski definition) is 3. The first-order valence-corrected chi connectivity index (χ1v) is 9.89. The number of ketones is 1. The minimum absolute atomic E-state index is 0.0731. The van der Waals surface area contributed by atoms with Crippen molar-refractivity contribution in [3.8, 4) is 0 Å². The Labute approximate surface area is 166 Å². The number of hydrogen-bond donors (Lipinski definition) is 1. The number of benzene rings is 2. The topological polar surface area (TPSA) is 58.5 Å². The lowest BCUT2D eigenvalue weighted by molar-refractivity contribution is -0.123. The average Bonchev–Trinajstić information content (AvgIpc) is 3.43. The second-order valence-electron chi connectivity index (χ2n) is 8.85. The lowest BCUT2D eigenvalue weighted by atomic mass is 9.76. The molecule has 1 amide bonds. The van der Waals surface area contributed by atoms with Crippen LogP contribution in [0.15, 0.2) is 65.8 Å². The fraction of sp³-hybridized carbons (Fsp3) is 0.375. The van der Waals surface area contributed by atoms with Gasteiger partial charge in [0, 0.05) is 24.0 Å². The number of nitrogens with zero attached hydrogens (tertiary/aromatic N) is 1. The molecule has 0 aromatic heterocycles. The van der Waals surface area contributed by atoms with E-state index in [-0.39, 0.29) is 28.4 Å². The summed E-state index contributed by atoms with van der Waals surface area (Å²) in [6.45, 7) is 4.14. The van der Waals surface area contributed by atoms with Gasteiger partial charge in [0.05, 0.1) is 5.92 Å². The van der Waals surface area contributed by atoms with Crippen molar-refractivity contribution < 1.29 is 9.59 Å². The van der Waals surface area contributed by atoms with Crippen LogP contribution < -0.4 is 5.43 Å². The number of rotatable bonds is 4. The van der Waals surface area contributed by atoms with Gasteiger partial charge in [-0.25, -0.2) is 5.43 Å². The molecule has 0 spiro atoms. The Kier molecular flexibility index (Phi) is 4.66. The molecule has 2 aromatic rings. The Hall–Kier alpha value is -2.75. The van der Waals surface area contributed by atoms with E-state index < -0.39 is 0 Å². The summed E-state index contributed by atoms with van der Waals surface area (Å²) in [4.78, 5) is 24.9. The largest absolute Gasteiger partial charge is 0.299 e. The number of hydrazone groups is 1. The molecule has 0 heterocycles. The SMILES string of the molecule is CC1(C)CC(=O)C/C(=N/NC(=O)[C@@H]2CC2(c2ccccc2)c2ccccc2)C1. The predicted octanol–water partition coefficient (Wildman–Crippen LogP) is 4.24. The minimum Gasteiger partial charge on any atom is -0.299 e. The highest BCUT2D eigenvalue weighted by Gasteiger charge is 2.60. The van der Waals surface area contributed by atoms with E-state index in [9.17, 15) is 9.59 Å². The Morgan fingerprint density at radius 3 is 2.07 bits per heavy atom. The van der Waals surface area contributed by atoms with Gasteiger partial charge < -0.3 is 0 Å². The highest BCUT2D eigenvalue weighted by molar-refractivity contribution is 6.05. The maximum atomic E-state index is 12.9. The van der Waals surface area contributed by atoms with Gasteiger partial charge in [-0.3, -0.25) is 9.59 Å². The summed E-state index contributed by atoms with van der Waals surface area (Å²) in [7, 11) is 0. The lowest BCUT2D eigenvalue weighted by Gasteiger charge is -2.29. The summed E-state index contributed by atoms with van der Waals surface area (Å²) in [6.07, 6.45) is 2.43. The summed E-state index contributed by atoms with van der Waals surface area (Å²) in [5, 5.41) is 4.34. The van der Waals surface area contributed by atoms with Crippen molar-refractivity contribution in [3.05, 3.63) is 71.8 Å². The summed E-state index contributed by atoms with van der Waals surface area (Å²) >= 11 is 0. The van der Waals surface area contributed by atoms with Crippen molar-refractivity contribution in [1.82, 2.24) is 5.43 Å². The standard InChI is InChI=1S/C24H26N2O2/c1-23(2)14-19(13-20(27)15-23)25-26-22(28)21-16-24(21,17-9-5-3-6-10-17)18-11-7-4-8-12-18/h3-12,21H,13-16H2,1-2H3,(H,26,28)/b25-19-/t21-/m0/s1. The smallest absolute Gasteiger partial charge is 0.244 e. The van der Waals surface area contributed by atoms with Crippen molar-refractivity contribution >= 4 is 17.4 Å². The molecule has 2 fully saturated rings. The van der Waals surface area contributed by atoms with E-state index in [1.165, 1.54) is 0 Å². The predicted molar refractivity (Wildman–Crippen MR) is 110 cm³/mol. The van der Waals surface area contributed by atoms with E-state index in [0.29, 0.717) is 12.8 Å². The molecule has 144 valence electrons. The maximum Gasteiger partial charge on any atom is 0.244 e. The van der Waals surface area contributed by atoms with Crippen molar-refractivity contribution in [2.45, 2.75) is 44.9 Å². The van der Waals surface area contributed by atoms with Gasteiger partial charge in [-0.1, -0.05) is 74.5 Å². The van der Waals surface area contributed by atoms with Gasteiger partial charge in [-0.15, -0.1) is 0 Å². The van der Waals surface area contributed by atoms with Crippen molar-refractivity contribution in [2.75, 3.05) is 0 Å². The van der Waals surface area contributed by atoms with Gasteiger partial charge >= 0.3 is 0 Å². The van der Waals surface area contributed by atoms with E-state index in [4.69, 9.17) is 0 Å². The number of amides is 1. The number of carbonyl (C=O) groups is 2. The van der Waals surface area contributed by atoms with E-state index in [1.807, 2.05) is 36.4 Å². The molecule has 2 saturated carbocycles. The summed E-state index contributed by atoms with van der Waals surface area (Å²) in [5.74, 6) is -0.0384. The second-order valence-corrected chi connectivity index (χ2v) is 8.85. The van der Waals surface area contributed by atoms with Gasteiger partial charge in [0.1, 0.15) is 5.78 Å². The first-order chi connectivity index (χ1) is 13.4. The first-order valence-electron chi connectivity index (χ1n) is 9.89. The van der Waals surface area contributed by atoms with Crippen molar-refractivity contribution in [1.29, 1.82) is 0 Å². The van der Waals surface area contributed by atoms with E-state index in [1.54, 1.807) is 0 Å². The van der Waals surface area contributed by atoms with Crippen LogP contribution in [0.25, 0.3) is 0 Å². The normalized spacial score (nSPS) is 24.0. The molecule has 4 heteroatoms. The van der Waals surface area contributed by atoms with E-state index in [2.05, 4.69) is 48.6 Å². The van der Waals surface area contributed by atoms with Crippen LogP contribution in [0, 0.1) is 11.3 Å². The summed E-state index contributed by atoms with van der Waals surface area (Å²) < 4.78 is 0. The van der Waals surface area contributed by atoms with Crippen LogP contribution in [-0.4, -0.2) is 17.4 Å². The third-order valence-electron chi connectivity index (χ3n) is 5.94. The molecule has 2 aliphatic carbocycles. The number of carbonyl (C=O) groups excluding carboxylic acids is 2. The zero-order valence-electron chi connectivity index (χ0n) is 16.4. The lowest BCUT2D eigenvalue weighted by Crippen LogP contribution is -2.32. The van der Waals surface area contributed by atoms with Crippen LogP contribution >= 0.6 is 0 Å². The van der Waals surface area contributed by atoms with Crippen molar-refractivity contribution in [2.24, 2.45) is 16.4 Å². The molecule has 4 rings (SSSR count). The maximum absolute atomic E-state index is 12.9. The monoisotopic (exact) mass is 374 g/mol. The molecule has 1 atom stereocenters. The Balaban J connectivity index is 1.55. The van der Waals surface area contributed by atoms with Gasteiger partial charge in [-0.05, 0) is 29.4 Å². The first kappa shape index (κ1) is 18.6. The van der Waals surface area contributed by atoms with Gasteiger partial charge in [-0.2, -0.15) is 5.10 Å². The van der Waals surface area contributed by atoms with E-state index in [0.717, 1.165) is 29.7 Å². The minimum atomic E-state index is -0.297. The van der Waals surface area contributed by atoms with E-state index >= 15 is 0 Å². The third-order valence-corrected chi connectivity index (χ3v) is 5.94. The molecule has 2 aromatic carbocycles. The van der Waals surface area contributed by atoms with Crippen molar-refractivity contribution in [3.63, 3.8) is 0 Å². The Morgan fingerprint density at radius 2 is 1.54 bits per heavy atom. The van der Waals surface area contributed by atoms with Crippen LogP contribution in [0.5, 0.6) is 0 Å². The highest BCUT2D eigenvalue weighted by atomic mass is 16.2. The molecular weight excluding hydrogens is 348 g/mol.